The van der Waals surface area contributed by atoms with Gasteiger partial charge in [0.05, 0.1) is 6.10 Å². The molecule has 2 aliphatic rings. The minimum Gasteiger partial charge on any atom is -0.396 e. The van der Waals surface area contributed by atoms with Gasteiger partial charge in [0.25, 0.3) is 0 Å². The van der Waals surface area contributed by atoms with E-state index in [9.17, 15) is 9.90 Å². The number of aliphatic hydroxyl groups excluding tert-OH is 1. The first-order valence-electron chi connectivity index (χ1n) is 9.06. The lowest BCUT2D eigenvalue weighted by Crippen LogP contribution is -2.47. The molecule has 2 aliphatic carbocycles. The summed E-state index contributed by atoms with van der Waals surface area (Å²) < 4.78 is 5.84. The van der Waals surface area contributed by atoms with E-state index < -0.39 is 0 Å². The number of nitrogens with one attached hydrogen (secondary N) is 2. The summed E-state index contributed by atoms with van der Waals surface area (Å²) in [5.74, 6) is 0.217. The molecule has 0 bridgehead atoms. The van der Waals surface area contributed by atoms with Crippen molar-refractivity contribution in [3.05, 3.63) is 0 Å². The van der Waals surface area contributed by atoms with Gasteiger partial charge in [0, 0.05) is 31.7 Å². The Balaban J connectivity index is 1.51. The predicted molar refractivity (Wildman–Crippen MR) is 86.8 cm³/mol. The standard InChI is InChI=1S/C17H32N2O3/c20-13-14-7-4-5-10-16(14)19-17(21)18-11-6-12-22-15-8-2-1-3-9-15/h14-16,20H,1-13H2,(H2,18,19,21). The molecule has 2 atom stereocenters. The van der Waals surface area contributed by atoms with Crippen LogP contribution in [0.2, 0.25) is 0 Å². The van der Waals surface area contributed by atoms with Gasteiger partial charge in [0.15, 0.2) is 0 Å². The van der Waals surface area contributed by atoms with Crippen LogP contribution in [0.3, 0.4) is 0 Å². The monoisotopic (exact) mass is 312 g/mol. The number of ether oxygens (including phenoxy) is 1. The lowest BCUT2D eigenvalue weighted by molar-refractivity contribution is 0.0275. The molecule has 0 spiro atoms. The van der Waals surface area contributed by atoms with Crippen LogP contribution in [-0.2, 0) is 4.74 Å². The van der Waals surface area contributed by atoms with E-state index in [1.807, 2.05) is 0 Å². The molecule has 0 aliphatic heterocycles. The third kappa shape index (κ3) is 6.13. The van der Waals surface area contributed by atoms with Crippen LogP contribution in [-0.4, -0.2) is 43.0 Å². The summed E-state index contributed by atoms with van der Waals surface area (Å²) in [4.78, 5) is 11.9. The second-order valence-electron chi connectivity index (χ2n) is 6.72. The minimum atomic E-state index is -0.108. The summed E-state index contributed by atoms with van der Waals surface area (Å²) in [6.07, 6.45) is 11.9. The molecule has 2 unspecified atom stereocenters. The fraction of sp³-hybridized carbons (Fsp3) is 0.941. The fourth-order valence-electron chi connectivity index (χ4n) is 3.59. The lowest BCUT2D eigenvalue weighted by atomic mass is 9.85. The Bertz CT molecular complexity index is 319. The van der Waals surface area contributed by atoms with Gasteiger partial charge in [0.2, 0.25) is 0 Å². The zero-order chi connectivity index (χ0) is 15.6. The Kier molecular flexibility index (Phi) is 8.02. The van der Waals surface area contributed by atoms with Crippen LogP contribution in [0, 0.1) is 5.92 Å². The molecule has 2 rings (SSSR count). The first-order chi connectivity index (χ1) is 10.8. The van der Waals surface area contributed by atoms with Crippen molar-refractivity contribution >= 4 is 6.03 Å². The molecule has 3 N–H and O–H groups in total. The third-order valence-corrected chi connectivity index (χ3v) is 4.97. The van der Waals surface area contributed by atoms with Crippen molar-refractivity contribution in [2.24, 2.45) is 5.92 Å². The highest BCUT2D eigenvalue weighted by atomic mass is 16.5. The summed E-state index contributed by atoms with van der Waals surface area (Å²) in [5, 5.41) is 15.3. The Hall–Kier alpha value is -0.810. The highest BCUT2D eigenvalue weighted by molar-refractivity contribution is 5.74. The number of carbonyl (C=O) groups excluding carboxylic acids is 1. The molecule has 0 aromatic carbocycles. The average Bonchev–Trinajstić information content (AvgIpc) is 2.56. The van der Waals surface area contributed by atoms with Gasteiger partial charge in [-0.25, -0.2) is 4.79 Å². The van der Waals surface area contributed by atoms with Crippen molar-refractivity contribution in [2.75, 3.05) is 19.8 Å². The summed E-state index contributed by atoms with van der Waals surface area (Å²) in [6, 6.07) is 0.0141. The van der Waals surface area contributed by atoms with Gasteiger partial charge < -0.3 is 20.5 Å². The molecule has 22 heavy (non-hydrogen) atoms. The van der Waals surface area contributed by atoms with Crippen molar-refractivity contribution in [1.29, 1.82) is 0 Å². The summed E-state index contributed by atoms with van der Waals surface area (Å²) in [6.45, 7) is 1.54. The first kappa shape index (κ1) is 17.5. The molecule has 0 aromatic rings. The SMILES string of the molecule is O=C(NCCCOC1CCCCC1)NC1CCCCC1CO. The molecule has 2 amide bonds. The number of hydrogen-bond donors (Lipinski definition) is 3. The molecule has 0 radical (unpaired) electrons. The van der Waals surface area contributed by atoms with Gasteiger partial charge in [-0.05, 0) is 32.1 Å². The third-order valence-electron chi connectivity index (χ3n) is 4.97. The van der Waals surface area contributed by atoms with E-state index in [1.165, 1.54) is 32.1 Å². The van der Waals surface area contributed by atoms with E-state index in [0.717, 1.165) is 38.7 Å². The van der Waals surface area contributed by atoms with Crippen LogP contribution >= 0.6 is 0 Å². The van der Waals surface area contributed by atoms with Crippen LogP contribution in [0.1, 0.15) is 64.2 Å². The zero-order valence-corrected chi connectivity index (χ0v) is 13.7. The molecule has 5 nitrogen and oxygen atoms in total. The van der Waals surface area contributed by atoms with Crippen molar-refractivity contribution in [1.82, 2.24) is 10.6 Å². The van der Waals surface area contributed by atoms with Crippen molar-refractivity contribution < 1.29 is 14.6 Å². The number of urea groups is 1. The van der Waals surface area contributed by atoms with E-state index in [1.54, 1.807) is 0 Å². The predicted octanol–water partition coefficient (Wildman–Crippen LogP) is 2.58. The van der Waals surface area contributed by atoms with E-state index in [4.69, 9.17) is 4.74 Å². The highest BCUT2D eigenvalue weighted by Crippen LogP contribution is 2.23. The molecule has 0 aromatic heterocycles. The molecule has 128 valence electrons. The van der Waals surface area contributed by atoms with Gasteiger partial charge in [-0.15, -0.1) is 0 Å². The Morgan fingerprint density at radius 3 is 2.55 bits per heavy atom. The first-order valence-corrected chi connectivity index (χ1v) is 9.06. The zero-order valence-electron chi connectivity index (χ0n) is 13.7. The second kappa shape index (κ2) is 10.1. The summed E-state index contributed by atoms with van der Waals surface area (Å²) in [7, 11) is 0. The van der Waals surface area contributed by atoms with Crippen LogP contribution in [0.4, 0.5) is 4.79 Å². The van der Waals surface area contributed by atoms with Crippen LogP contribution in [0.25, 0.3) is 0 Å². The number of rotatable bonds is 7. The van der Waals surface area contributed by atoms with Crippen molar-refractivity contribution in [3.63, 3.8) is 0 Å². The molecule has 2 fully saturated rings. The number of carbonyl (C=O) groups is 1. The van der Waals surface area contributed by atoms with Gasteiger partial charge in [-0.1, -0.05) is 32.1 Å². The van der Waals surface area contributed by atoms with Crippen LogP contribution in [0.5, 0.6) is 0 Å². The molecule has 2 saturated carbocycles. The summed E-state index contributed by atoms with van der Waals surface area (Å²) in [5.41, 5.74) is 0. The van der Waals surface area contributed by atoms with Gasteiger partial charge in [-0.3, -0.25) is 0 Å². The largest absolute Gasteiger partial charge is 0.396 e. The molecule has 5 heteroatoms. The van der Waals surface area contributed by atoms with Crippen molar-refractivity contribution in [3.8, 4) is 0 Å². The number of aliphatic hydroxyl groups is 1. The quantitative estimate of drug-likeness (QED) is 0.633. The van der Waals surface area contributed by atoms with E-state index in [-0.39, 0.29) is 24.6 Å². The second-order valence-corrected chi connectivity index (χ2v) is 6.72. The smallest absolute Gasteiger partial charge is 0.315 e. The van der Waals surface area contributed by atoms with Crippen LogP contribution in [0.15, 0.2) is 0 Å². The maximum absolute atomic E-state index is 11.9. The Morgan fingerprint density at radius 2 is 1.77 bits per heavy atom. The highest BCUT2D eigenvalue weighted by Gasteiger charge is 2.25. The van der Waals surface area contributed by atoms with Gasteiger partial charge in [-0.2, -0.15) is 0 Å². The molecule has 0 saturated heterocycles. The van der Waals surface area contributed by atoms with Gasteiger partial charge in [0.1, 0.15) is 0 Å². The Labute approximate surface area is 134 Å². The normalized spacial score (nSPS) is 26.6. The van der Waals surface area contributed by atoms with Gasteiger partial charge >= 0.3 is 6.03 Å². The summed E-state index contributed by atoms with van der Waals surface area (Å²) >= 11 is 0. The minimum absolute atomic E-state index is 0.108. The molecular formula is C17H32N2O3. The van der Waals surface area contributed by atoms with Crippen LogP contribution < -0.4 is 10.6 Å². The van der Waals surface area contributed by atoms with E-state index in [0.29, 0.717) is 12.6 Å². The van der Waals surface area contributed by atoms with E-state index >= 15 is 0 Å². The Morgan fingerprint density at radius 1 is 1.05 bits per heavy atom. The maximum Gasteiger partial charge on any atom is 0.315 e. The molecular weight excluding hydrogens is 280 g/mol. The van der Waals surface area contributed by atoms with Crippen molar-refractivity contribution in [2.45, 2.75) is 76.4 Å². The number of hydrogen-bond acceptors (Lipinski definition) is 3. The average molecular weight is 312 g/mol. The topological polar surface area (TPSA) is 70.6 Å². The number of amides is 2. The lowest BCUT2D eigenvalue weighted by Gasteiger charge is -2.30. The maximum atomic E-state index is 11.9. The molecule has 0 heterocycles. The van der Waals surface area contributed by atoms with E-state index in [2.05, 4.69) is 10.6 Å². The fourth-order valence-corrected chi connectivity index (χ4v) is 3.59.